The third-order valence-corrected chi connectivity index (χ3v) is 4.24. The van der Waals surface area contributed by atoms with Crippen molar-refractivity contribution in [1.29, 1.82) is 0 Å². The zero-order chi connectivity index (χ0) is 23.6. The Hall–Kier alpha value is -3.10. The molecule has 32 heavy (non-hydrogen) atoms. The average molecular weight is 446 g/mol. The van der Waals surface area contributed by atoms with Gasteiger partial charge in [0.1, 0.15) is 18.0 Å². The van der Waals surface area contributed by atoms with Gasteiger partial charge < -0.3 is 29.7 Å². The van der Waals surface area contributed by atoms with Gasteiger partial charge in [-0.1, -0.05) is 12.1 Å². The van der Waals surface area contributed by atoms with Gasteiger partial charge in [-0.05, 0) is 62.2 Å². The molecule has 0 aromatic heterocycles. The number of carbonyl (C=O) groups excluding carboxylic acids is 1. The van der Waals surface area contributed by atoms with Gasteiger partial charge in [0.2, 0.25) is 0 Å². The number of anilines is 1. The monoisotopic (exact) mass is 445 g/mol. The number of benzene rings is 2. The number of aliphatic hydroxyl groups is 1. The van der Waals surface area contributed by atoms with Crippen LogP contribution in [0.5, 0.6) is 5.75 Å². The average Bonchev–Trinajstić information content (AvgIpc) is 2.71. The molecule has 0 heterocycles. The summed E-state index contributed by atoms with van der Waals surface area (Å²) >= 11 is 0. The summed E-state index contributed by atoms with van der Waals surface area (Å²) in [6.45, 7) is 6.85. The molecule has 0 saturated heterocycles. The minimum atomic E-state index is -1.07. The highest BCUT2D eigenvalue weighted by molar-refractivity contribution is 5.90. The van der Waals surface area contributed by atoms with Crippen molar-refractivity contribution >= 4 is 17.6 Å². The van der Waals surface area contributed by atoms with Crippen molar-refractivity contribution in [2.24, 2.45) is 0 Å². The molecule has 0 atom stereocenters. The van der Waals surface area contributed by atoms with E-state index in [1.165, 1.54) is 6.07 Å². The summed E-state index contributed by atoms with van der Waals surface area (Å²) in [7, 11) is 0. The second kappa shape index (κ2) is 12.1. The quantitative estimate of drug-likeness (QED) is 0.337. The molecular formula is C24H31NO7. The summed E-state index contributed by atoms with van der Waals surface area (Å²) in [6, 6.07) is 12.0. The highest BCUT2D eigenvalue weighted by Gasteiger charge is 2.16. The van der Waals surface area contributed by atoms with Crippen molar-refractivity contribution in [3.8, 4) is 5.75 Å². The molecule has 0 fully saturated rings. The van der Waals surface area contributed by atoms with Gasteiger partial charge in [-0.2, -0.15) is 0 Å². The number of hydrogen-bond acceptors (Lipinski definition) is 7. The molecule has 0 bridgehead atoms. The normalized spacial score (nSPS) is 11.1. The van der Waals surface area contributed by atoms with E-state index in [2.05, 4.69) is 5.32 Å². The van der Waals surface area contributed by atoms with Crippen molar-refractivity contribution in [1.82, 2.24) is 0 Å². The van der Waals surface area contributed by atoms with Crippen molar-refractivity contribution in [3.05, 3.63) is 59.2 Å². The molecule has 8 heteroatoms. The van der Waals surface area contributed by atoms with Crippen LogP contribution in [0.15, 0.2) is 42.5 Å². The molecule has 0 radical (unpaired) electrons. The molecule has 3 N–H and O–H groups in total. The third-order valence-electron chi connectivity index (χ3n) is 4.24. The van der Waals surface area contributed by atoms with Crippen LogP contribution in [-0.2, 0) is 27.3 Å². The number of rotatable bonds is 12. The van der Waals surface area contributed by atoms with E-state index in [4.69, 9.17) is 19.3 Å². The summed E-state index contributed by atoms with van der Waals surface area (Å²) in [6.07, 6.45) is 0.183. The second-order valence-corrected chi connectivity index (χ2v) is 8.13. The van der Waals surface area contributed by atoms with E-state index in [0.29, 0.717) is 43.4 Å². The maximum atomic E-state index is 12.0. The van der Waals surface area contributed by atoms with Crippen LogP contribution in [0.4, 0.5) is 5.69 Å². The number of hydrogen-bond donors (Lipinski definition) is 3. The predicted molar refractivity (Wildman–Crippen MR) is 120 cm³/mol. The fraction of sp³-hybridized carbons (Fsp3) is 0.417. The van der Waals surface area contributed by atoms with E-state index in [9.17, 15) is 14.7 Å². The lowest BCUT2D eigenvalue weighted by atomic mass is 10.1. The van der Waals surface area contributed by atoms with Crippen molar-refractivity contribution in [2.45, 2.75) is 39.4 Å². The minimum Gasteiger partial charge on any atom is -0.491 e. The standard InChI is InChI=1S/C24H31NO7/c1-24(2,3)32-22(27)14-17-5-4-6-20(13-17)31-12-11-30-10-9-25-19-7-8-21(23(28)29)18(15-19)16-26/h4-8,13,15,25-26H,9-12,14,16H2,1-3H3,(H,28,29). The fourth-order valence-electron chi connectivity index (χ4n) is 2.92. The second-order valence-electron chi connectivity index (χ2n) is 8.13. The van der Waals surface area contributed by atoms with Crippen molar-refractivity contribution in [2.75, 3.05) is 31.7 Å². The largest absolute Gasteiger partial charge is 0.491 e. The first kappa shape index (κ1) is 25.2. The SMILES string of the molecule is CC(C)(C)OC(=O)Cc1cccc(OCCOCCNc2ccc(C(=O)O)c(CO)c2)c1. The van der Waals surface area contributed by atoms with Crippen LogP contribution in [0.2, 0.25) is 0 Å². The Bertz CT molecular complexity index is 905. The van der Waals surface area contributed by atoms with Gasteiger partial charge in [-0.15, -0.1) is 0 Å². The lowest BCUT2D eigenvalue weighted by Crippen LogP contribution is -2.24. The summed E-state index contributed by atoms with van der Waals surface area (Å²) < 4.78 is 16.6. The van der Waals surface area contributed by atoms with Crippen LogP contribution in [0, 0.1) is 0 Å². The lowest BCUT2D eigenvalue weighted by molar-refractivity contribution is -0.153. The van der Waals surface area contributed by atoms with E-state index >= 15 is 0 Å². The van der Waals surface area contributed by atoms with E-state index in [-0.39, 0.29) is 24.6 Å². The first-order chi connectivity index (χ1) is 15.2. The topological polar surface area (TPSA) is 114 Å². The minimum absolute atomic E-state index is 0.0848. The number of carboxylic acids is 1. The first-order valence-corrected chi connectivity index (χ1v) is 10.4. The zero-order valence-electron chi connectivity index (χ0n) is 18.7. The van der Waals surface area contributed by atoms with E-state index in [1.807, 2.05) is 45.0 Å². The molecule has 0 aliphatic heterocycles. The highest BCUT2D eigenvalue weighted by Crippen LogP contribution is 2.17. The van der Waals surface area contributed by atoms with Gasteiger partial charge in [0.15, 0.2) is 0 Å². The fourth-order valence-corrected chi connectivity index (χ4v) is 2.92. The van der Waals surface area contributed by atoms with Crippen LogP contribution < -0.4 is 10.1 Å². The van der Waals surface area contributed by atoms with Gasteiger partial charge in [-0.25, -0.2) is 4.79 Å². The first-order valence-electron chi connectivity index (χ1n) is 10.4. The Labute approximate surface area is 188 Å². The Morgan fingerprint density at radius 1 is 1.03 bits per heavy atom. The van der Waals surface area contributed by atoms with Crippen molar-refractivity contribution in [3.63, 3.8) is 0 Å². The molecule has 0 saturated carbocycles. The maximum absolute atomic E-state index is 12.0. The number of aromatic carboxylic acids is 1. The van der Waals surface area contributed by atoms with Gasteiger partial charge >= 0.3 is 11.9 Å². The Balaban J connectivity index is 1.67. The van der Waals surface area contributed by atoms with Gasteiger partial charge in [0.05, 0.1) is 31.8 Å². The van der Waals surface area contributed by atoms with Crippen LogP contribution in [-0.4, -0.2) is 54.1 Å². The van der Waals surface area contributed by atoms with Crippen LogP contribution >= 0.6 is 0 Å². The zero-order valence-corrected chi connectivity index (χ0v) is 18.7. The van der Waals surface area contributed by atoms with Crippen molar-refractivity contribution < 1.29 is 34.0 Å². The molecular weight excluding hydrogens is 414 g/mol. The molecule has 0 aliphatic carbocycles. The molecule has 2 aromatic rings. The van der Waals surface area contributed by atoms with Gasteiger partial charge in [0.25, 0.3) is 0 Å². The van der Waals surface area contributed by atoms with Crippen LogP contribution in [0.25, 0.3) is 0 Å². The Morgan fingerprint density at radius 3 is 2.50 bits per heavy atom. The number of esters is 1. The number of nitrogens with one attached hydrogen (secondary N) is 1. The summed E-state index contributed by atoms with van der Waals surface area (Å²) in [5.41, 5.74) is 1.45. The third kappa shape index (κ3) is 8.95. The summed E-state index contributed by atoms with van der Waals surface area (Å²) in [5.74, 6) is -0.698. The maximum Gasteiger partial charge on any atom is 0.336 e. The number of aliphatic hydroxyl groups excluding tert-OH is 1. The Morgan fingerprint density at radius 2 is 1.81 bits per heavy atom. The molecule has 2 rings (SSSR count). The molecule has 0 unspecified atom stereocenters. The van der Waals surface area contributed by atoms with E-state index in [1.54, 1.807) is 12.1 Å². The predicted octanol–water partition coefficient (Wildman–Crippen LogP) is 3.27. The van der Waals surface area contributed by atoms with E-state index in [0.717, 1.165) is 5.56 Å². The highest BCUT2D eigenvalue weighted by atomic mass is 16.6. The van der Waals surface area contributed by atoms with Crippen LogP contribution in [0.3, 0.4) is 0 Å². The summed E-state index contributed by atoms with van der Waals surface area (Å²) in [5, 5.41) is 21.5. The molecule has 8 nitrogen and oxygen atoms in total. The molecule has 0 spiro atoms. The number of ether oxygens (including phenoxy) is 3. The number of carboxylic acid groups (broad SMARTS) is 1. The summed E-state index contributed by atoms with van der Waals surface area (Å²) in [4.78, 5) is 23.0. The molecule has 0 amide bonds. The smallest absolute Gasteiger partial charge is 0.336 e. The molecule has 2 aromatic carbocycles. The molecule has 0 aliphatic rings. The Kier molecular flexibility index (Phi) is 9.49. The van der Waals surface area contributed by atoms with E-state index < -0.39 is 11.6 Å². The molecule has 174 valence electrons. The van der Waals surface area contributed by atoms with Gasteiger partial charge in [-0.3, -0.25) is 4.79 Å². The van der Waals surface area contributed by atoms with Gasteiger partial charge in [0, 0.05) is 12.2 Å². The number of carbonyl (C=O) groups is 2. The lowest BCUT2D eigenvalue weighted by Gasteiger charge is -2.19. The van der Waals surface area contributed by atoms with Crippen LogP contribution in [0.1, 0.15) is 42.3 Å².